The van der Waals surface area contributed by atoms with E-state index in [1.807, 2.05) is 35.7 Å². The quantitative estimate of drug-likeness (QED) is 0.327. The number of thiophene rings is 1. The van der Waals surface area contributed by atoms with E-state index in [1.165, 1.54) is 34.6 Å². The van der Waals surface area contributed by atoms with Crippen molar-refractivity contribution in [2.24, 2.45) is 7.05 Å². The molecule has 2 amide bonds. The fraction of sp³-hybridized carbons (Fsp3) is 0.130. The molecule has 0 spiro atoms. The Labute approximate surface area is 192 Å². The van der Waals surface area contributed by atoms with Gasteiger partial charge in [0.1, 0.15) is 4.83 Å². The summed E-state index contributed by atoms with van der Waals surface area (Å²) in [5.74, 6) is -0.330. The summed E-state index contributed by atoms with van der Waals surface area (Å²) in [5, 5.41) is 8.49. The first-order valence-corrected chi connectivity index (χ1v) is 11.6. The molecule has 7 nitrogen and oxygen atoms in total. The molecule has 2 aromatic heterocycles. The minimum atomic E-state index is -0.236. The molecule has 0 aliphatic heterocycles. The summed E-state index contributed by atoms with van der Waals surface area (Å²) in [6, 6.07) is 16.6. The van der Waals surface area contributed by atoms with Crippen LogP contribution in [0.2, 0.25) is 0 Å². The zero-order chi connectivity index (χ0) is 22.7. The number of carbonyl (C=O) groups excluding carboxylic acids is 2. The highest BCUT2D eigenvalue weighted by molar-refractivity contribution is 7.99. The predicted octanol–water partition coefficient (Wildman–Crippen LogP) is 4.35. The molecule has 2 N–H and O–H groups in total. The first-order chi connectivity index (χ1) is 15.4. The van der Waals surface area contributed by atoms with Gasteiger partial charge in [0.05, 0.1) is 11.1 Å². The summed E-state index contributed by atoms with van der Waals surface area (Å²) in [6.07, 6.45) is 0. The van der Waals surface area contributed by atoms with Gasteiger partial charge in [0.25, 0.3) is 5.56 Å². The summed E-state index contributed by atoms with van der Waals surface area (Å²) < 4.78 is 1.48. The van der Waals surface area contributed by atoms with Gasteiger partial charge in [-0.1, -0.05) is 48.2 Å². The molecule has 9 heteroatoms. The maximum absolute atomic E-state index is 13.0. The molecule has 0 aliphatic carbocycles. The Morgan fingerprint density at radius 2 is 1.78 bits per heavy atom. The van der Waals surface area contributed by atoms with E-state index in [2.05, 4.69) is 15.6 Å². The summed E-state index contributed by atoms with van der Waals surface area (Å²) in [7, 11) is 1.67. The molecule has 0 saturated carbocycles. The lowest BCUT2D eigenvalue weighted by molar-refractivity contribution is -0.114. The second-order valence-corrected chi connectivity index (χ2v) is 8.85. The van der Waals surface area contributed by atoms with E-state index in [4.69, 9.17) is 0 Å². The third-order valence-electron chi connectivity index (χ3n) is 4.66. The summed E-state index contributed by atoms with van der Waals surface area (Å²) in [5.41, 5.74) is 2.88. The second-order valence-electron chi connectivity index (χ2n) is 7.05. The lowest BCUT2D eigenvalue weighted by Gasteiger charge is -2.09. The molecular formula is C23H20N4O3S2. The molecule has 4 rings (SSSR count). The topological polar surface area (TPSA) is 93.1 Å². The van der Waals surface area contributed by atoms with Crippen molar-refractivity contribution in [1.82, 2.24) is 9.55 Å². The van der Waals surface area contributed by atoms with Crippen LogP contribution in [-0.2, 0) is 16.6 Å². The molecule has 0 saturated heterocycles. The van der Waals surface area contributed by atoms with E-state index in [0.29, 0.717) is 26.7 Å². The molecule has 0 aliphatic rings. The van der Waals surface area contributed by atoms with Crippen LogP contribution < -0.4 is 16.2 Å². The molecule has 0 radical (unpaired) electrons. The van der Waals surface area contributed by atoms with Gasteiger partial charge in [-0.3, -0.25) is 19.0 Å². The minimum Gasteiger partial charge on any atom is -0.326 e. The van der Waals surface area contributed by atoms with E-state index in [9.17, 15) is 14.4 Å². The molecule has 0 fully saturated rings. The lowest BCUT2D eigenvalue weighted by atomic mass is 10.1. The van der Waals surface area contributed by atoms with Gasteiger partial charge in [-0.05, 0) is 23.8 Å². The van der Waals surface area contributed by atoms with Crippen LogP contribution in [0.3, 0.4) is 0 Å². The first-order valence-electron chi connectivity index (χ1n) is 9.76. The standard InChI is InChI=1S/C23H20N4O3S2/c1-14(28)24-16-9-6-10-17(11-16)25-19(29)13-32-23-26-21-20(22(30)27(23)2)18(12-31-21)15-7-4-3-5-8-15/h3-12H,13H2,1-2H3,(H,24,28)(H,25,29). The van der Waals surface area contributed by atoms with Crippen molar-refractivity contribution in [2.45, 2.75) is 12.1 Å². The summed E-state index contributed by atoms with van der Waals surface area (Å²) >= 11 is 2.62. The molecule has 4 aromatic rings. The maximum atomic E-state index is 13.0. The number of fused-ring (bicyclic) bond motifs is 1. The van der Waals surface area contributed by atoms with Crippen LogP contribution in [0.25, 0.3) is 21.3 Å². The Balaban J connectivity index is 1.50. The average Bonchev–Trinajstić information content (AvgIpc) is 3.20. The SMILES string of the molecule is CC(=O)Nc1cccc(NC(=O)CSc2nc3scc(-c4ccccc4)c3c(=O)n2C)c1. The summed E-state index contributed by atoms with van der Waals surface area (Å²) in [6.45, 7) is 1.42. The highest BCUT2D eigenvalue weighted by atomic mass is 32.2. The number of carbonyl (C=O) groups is 2. The number of nitrogens with one attached hydrogen (secondary N) is 2. The smallest absolute Gasteiger partial charge is 0.263 e. The van der Waals surface area contributed by atoms with Gasteiger partial charge in [0.15, 0.2) is 5.16 Å². The number of hydrogen-bond donors (Lipinski definition) is 2. The first kappa shape index (κ1) is 21.8. The second kappa shape index (κ2) is 9.37. The van der Waals surface area contributed by atoms with Gasteiger partial charge >= 0.3 is 0 Å². The van der Waals surface area contributed by atoms with Crippen molar-refractivity contribution in [3.05, 3.63) is 70.3 Å². The van der Waals surface area contributed by atoms with Gasteiger partial charge in [-0.15, -0.1) is 11.3 Å². The number of aromatic nitrogens is 2. The largest absolute Gasteiger partial charge is 0.326 e. The number of benzene rings is 2. The van der Waals surface area contributed by atoms with Crippen molar-refractivity contribution in [3.8, 4) is 11.1 Å². The van der Waals surface area contributed by atoms with Crippen LogP contribution in [0, 0.1) is 0 Å². The van der Waals surface area contributed by atoms with Crippen LogP contribution in [0.5, 0.6) is 0 Å². The highest BCUT2D eigenvalue weighted by Gasteiger charge is 2.16. The molecule has 2 aromatic carbocycles. The molecular weight excluding hydrogens is 444 g/mol. The monoisotopic (exact) mass is 464 g/mol. The van der Waals surface area contributed by atoms with E-state index >= 15 is 0 Å². The van der Waals surface area contributed by atoms with Gasteiger partial charge in [0, 0.05) is 36.3 Å². The Kier molecular flexibility index (Phi) is 6.38. The lowest BCUT2D eigenvalue weighted by Crippen LogP contribution is -2.21. The van der Waals surface area contributed by atoms with Crippen molar-refractivity contribution in [3.63, 3.8) is 0 Å². The van der Waals surface area contributed by atoms with Gasteiger partial charge in [-0.2, -0.15) is 0 Å². The molecule has 0 bridgehead atoms. The van der Waals surface area contributed by atoms with Crippen LogP contribution in [-0.4, -0.2) is 27.1 Å². The average molecular weight is 465 g/mol. The third-order valence-corrected chi connectivity index (χ3v) is 6.56. The van der Waals surface area contributed by atoms with Crippen LogP contribution in [0.1, 0.15) is 6.92 Å². The van der Waals surface area contributed by atoms with E-state index in [-0.39, 0.29) is 23.1 Å². The van der Waals surface area contributed by atoms with E-state index in [0.717, 1.165) is 11.1 Å². The van der Waals surface area contributed by atoms with E-state index < -0.39 is 0 Å². The van der Waals surface area contributed by atoms with Gasteiger partial charge in [0.2, 0.25) is 11.8 Å². The normalized spacial score (nSPS) is 10.8. The molecule has 32 heavy (non-hydrogen) atoms. The van der Waals surface area contributed by atoms with Crippen molar-refractivity contribution in [1.29, 1.82) is 0 Å². The Morgan fingerprint density at radius 3 is 2.50 bits per heavy atom. The highest BCUT2D eigenvalue weighted by Crippen LogP contribution is 2.31. The molecule has 0 atom stereocenters. The third kappa shape index (κ3) is 4.74. The van der Waals surface area contributed by atoms with Crippen LogP contribution in [0.15, 0.2) is 69.9 Å². The van der Waals surface area contributed by atoms with Crippen LogP contribution in [0.4, 0.5) is 11.4 Å². The zero-order valence-corrected chi connectivity index (χ0v) is 19.0. The number of hydrogen-bond acceptors (Lipinski definition) is 6. The number of thioether (sulfide) groups is 1. The van der Waals surface area contributed by atoms with E-state index in [1.54, 1.807) is 31.3 Å². The molecule has 2 heterocycles. The maximum Gasteiger partial charge on any atom is 0.263 e. The Hall–Kier alpha value is -3.43. The zero-order valence-electron chi connectivity index (χ0n) is 17.4. The Morgan fingerprint density at radius 1 is 1.06 bits per heavy atom. The van der Waals surface area contributed by atoms with Crippen LogP contribution >= 0.6 is 23.1 Å². The minimum absolute atomic E-state index is 0.0903. The number of rotatable bonds is 6. The molecule has 0 unspecified atom stereocenters. The van der Waals surface area contributed by atoms with Crippen molar-refractivity contribution < 1.29 is 9.59 Å². The number of anilines is 2. The predicted molar refractivity (Wildman–Crippen MR) is 130 cm³/mol. The number of amides is 2. The fourth-order valence-electron chi connectivity index (χ4n) is 3.22. The van der Waals surface area contributed by atoms with Gasteiger partial charge in [-0.25, -0.2) is 4.98 Å². The molecule has 162 valence electrons. The fourth-order valence-corrected chi connectivity index (χ4v) is 4.98. The van der Waals surface area contributed by atoms with Crippen molar-refractivity contribution >= 4 is 56.5 Å². The Bertz CT molecular complexity index is 1360. The summed E-state index contributed by atoms with van der Waals surface area (Å²) in [4.78, 5) is 42.0. The number of nitrogens with zero attached hydrogens (tertiary/aromatic N) is 2. The van der Waals surface area contributed by atoms with Gasteiger partial charge < -0.3 is 10.6 Å². The van der Waals surface area contributed by atoms with Crippen molar-refractivity contribution in [2.75, 3.05) is 16.4 Å².